The number of amides is 2. The summed E-state index contributed by atoms with van der Waals surface area (Å²) in [7, 11) is 0. The molecule has 180 valence electrons. The molecule has 0 saturated carbocycles. The summed E-state index contributed by atoms with van der Waals surface area (Å²) in [5.74, 6) is -1.65. The van der Waals surface area contributed by atoms with Crippen molar-refractivity contribution in [3.8, 4) is 11.1 Å². The minimum Gasteiger partial charge on any atom is -0.481 e. The molecule has 2 aliphatic rings. The Bertz CT molecular complexity index is 1020. The van der Waals surface area contributed by atoms with Gasteiger partial charge in [0.15, 0.2) is 0 Å². The van der Waals surface area contributed by atoms with Crippen molar-refractivity contribution in [1.29, 1.82) is 0 Å². The van der Waals surface area contributed by atoms with Crippen LogP contribution < -0.4 is 5.32 Å². The van der Waals surface area contributed by atoms with E-state index in [9.17, 15) is 19.5 Å². The molecule has 0 spiro atoms. The molecule has 1 aliphatic carbocycles. The van der Waals surface area contributed by atoms with E-state index in [-0.39, 0.29) is 43.4 Å². The van der Waals surface area contributed by atoms with Gasteiger partial charge in [0.1, 0.15) is 6.61 Å². The number of fused-ring (bicyclic) bond motifs is 3. The molecule has 1 unspecified atom stereocenters. The van der Waals surface area contributed by atoms with Crippen LogP contribution in [0.2, 0.25) is 0 Å². The Labute approximate surface area is 200 Å². The zero-order valence-electron chi connectivity index (χ0n) is 19.7. The van der Waals surface area contributed by atoms with Crippen LogP contribution in [0.15, 0.2) is 48.5 Å². The van der Waals surface area contributed by atoms with Gasteiger partial charge < -0.3 is 20.1 Å². The summed E-state index contributed by atoms with van der Waals surface area (Å²) in [6.07, 6.45) is 1.04. The maximum absolute atomic E-state index is 12.8. The van der Waals surface area contributed by atoms with Gasteiger partial charge in [-0.15, -0.1) is 0 Å². The Morgan fingerprint density at radius 1 is 1.06 bits per heavy atom. The first-order valence-electron chi connectivity index (χ1n) is 12.0. The Morgan fingerprint density at radius 2 is 1.68 bits per heavy atom. The number of carbonyl (C=O) groups excluding carboxylic acids is 2. The number of nitrogens with one attached hydrogen (secondary N) is 1. The van der Waals surface area contributed by atoms with Crippen LogP contribution in [0.3, 0.4) is 0 Å². The average Bonchev–Trinajstić information content (AvgIpc) is 3.36. The molecular formula is C27H32N2O5. The van der Waals surface area contributed by atoms with E-state index in [1.165, 1.54) is 11.1 Å². The number of aliphatic carboxylic acids is 1. The highest BCUT2D eigenvalue weighted by atomic mass is 16.5. The van der Waals surface area contributed by atoms with Gasteiger partial charge in [0.05, 0.1) is 5.92 Å². The SMILES string of the molecule is CCCC(CC(=O)N1C[C@H](C(=O)O)[C@@H](C)C1)NC(=O)OCC1c2ccccc2-c2ccccc21. The molecular weight excluding hydrogens is 432 g/mol. The molecule has 0 radical (unpaired) electrons. The molecule has 1 aliphatic heterocycles. The third-order valence-corrected chi connectivity index (χ3v) is 7.01. The summed E-state index contributed by atoms with van der Waals surface area (Å²) in [6.45, 7) is 4.72. The highest BCUT2D eigenvalue weighted by molar-refractivity contribution is 5.81. The van der Waals surface area contributed by atoms with Crippen molar-refractivity contribution in [2.75, 3.05) is 19.7 Å². The molecule has 1 fully saturated rings. The Balaban J connectivity index is 1.35. The van der Waals surface area contributed by atoms with Gasteiger partial charge in [-0.3, -0.25) is 9.59 Å². The lowest BCUT2D eigenvalue weighted by molar-refractivity contribution is -0.142. The number of nitrogens with zero attached hydrogens (tertiary/aromatic N) is 1. The van der Waals surface area contributed by atoms with Crippen molar-refractivity contribution in [3.63, 3.8) is 0 Å². The molecule has 3 atom stereocenters. The van der Waals surface area contributed by atoms with Crippen molar-refractivity contribution < 1.29 is 24.2 Å². The normalized spacial score (nSPS) is 19.9. The molecule has 34 heavy (non-hydrogen) atoms. The first-order valence-corrected chi connectivity index (χ1v) is 12.0. The van der Waals surface area contributed by atoms with Crippen LogP contribution in [-0.2, 0) is 14.3 Å². The zero-order chi connectivity index (χ0) is 24.2. The fourth-order valence-corrected chi connectivity index (χ4v) is 5.21. The minimum atomic E-state index is -0.871. The molecule has 2 aromatic rings. The van der Waals surface area contributed by atoms with Crippen LogP contribution in [-0.4, -0.2) is 53.7 Å². The van der Waals surface area contributed by atoms with E-state index in [1.54, 1.807) is 4.90 Å². The van der Waals surface area contributed by atoms with Gasteiger partial charge in [-0.2, -0.15) is 0 Å². The number of alkyl carbamates (subject to hydrolysis) is 1. The number of ether oxygens (including phenoxy) is 1. The van der Waals surface area contributed by atoms with E-state index in [0.29, 0.717) is 13.0 Å². The molecule has 4 rings (SSSR count). The summed E-state index contributed by atoms with van der Waals surface area (Å²) >= 11 is 0. The van der Waals surface area contributed by atoms with Crippen LogP contribution in [0.1, 0.15) is 50.2 Å². The minimum absolute atomic E-state index is 0.0246. The number of carboxylic acid groups (broad SMARTS) is 1. The van der Waals surface area contributed by atoms with Gasteiger partial charge in [-0.1, -0.05) is 68.8 Å². The molecule has 1 saturated heterocycles. The van der Waals surface area contributed by atoms with Crippen LogP contribution in [0, 0.1) is 11.8 Å². The van der Waals surface area contributed by atoms with Gasteiger partial charge in [0, 0.05) is 31.5 Å². The monoisotopic (exact) mass is 464 g/mol. The predicted octanol–water partition coefficient (Wildman–Crippen LogP) is 4.26. The van der Waals surface area contributed by atoms with Crippen LogP contribution in [0.5, 0.6) is 0 Å². The van der Waals surface area contributed by atoms with Gasteiger partial charge in [-0.25, -0.2) is 4.79 Å². The van der Waals surface area contributed by atoms with Crippen LogP contribution in [0.25, 0.3) is 11.1 Å². The van der Waals surface area contributed by atoms with E-state index in [2.05, 4.69) is 29.6 Å². The van der Waals surface area contributed by atoms with Crippen molar-refractivity contribution >= 4 is 18.0 Å². The first-order chi connectivity index (χ1) is 16.4. The molecule has 2 N–H and O–H groups in total. The smallest absolute Gasteiger partial charge is 0.407 e. The number of carboxylic acids is 1. The molecule has 0 bridgehead atoms. The van der Waals surface area contributed by atoms with E-state index >= 15 is 0 Å². The summed E-state index contributed by atoms with van der Waals surface area (Å²) < 4.78 is 5.64. The van der Waals surface area contributed by atoms with Crippen LogP contribution >= 0.6 is 0 Å². The van der Waals surface area contributed by atoms with Crippen LogP contribution in [0.4, 0.5) is 4.79 Å². The Morgan fingerprint density at radius 3 is 2.24 bits per heavy atom. The second-order valence-electron chi connectivity index (χ2n) is 9.38. The van der Waals surface area contributed by atoms with Gasteiger partial charge in [-0.05, 0) is 34.6 Å². The topological polar surface area (TPSA) is 95.9 Å². The van der Waals surface area contributed by atoms with Crippen molar-refractivity contribution in [3.05, 3.63) is 59.7 Å². The lowest BCUT2D eigenvalue weighted by Gasteiger charge is -2.22. The fourth-order valence-electron chi connectivity index (χ4n) is 5.21. The van der Waals surface area contributed by atoms with Gasteiger partial charge in [0.25, 0.3) is 0 Å². The van der Waals surface area contributed by atoms with Crippen molar-refractivity contribution in [2.24, 2.45) is 11.8 Å². The van der Waals surface area contributed by atoms with E-state index in [0.717, 1.165) is 17.5 Å². The number of likely N-dealkylation sites (tertiary alicyclic amines) is 1. The average molecular weight is 465 g/mol. The number of carbonyl (C=O) groups is 3. The largest absolute Gasteiger partial charge is 0.481 e. The summed E-state index contributed by atoms with van der Waals surface area (Å²) in [4.78, 5) is 38.5. The summed E-state index contributed by atoms with van der Waals surface area (Å²) in [5.41, 5.74) is 4.63. The molecule has 0 aromatic heterocycles. The third-order valence-electron chi connectivity index (χ3n) is 7.01. The second-order valence-corrected chi connectivity index (χ2v) is 9.38. The number of benzene rings is 2. The number of rotatable bonds is 8. The third kappa shape index (κ3) is 4.93. The van der Waals surface area contributed by atoms with Crippen molar-refractivity contribution in [2.45, 2.75) is 45.1 Å². The number of hydrogen-bond acceptors (Lipinski definition) is 4. The van der Waals surface area contributed by atoms with Gasteiger partial charge >= 0.3 is 12.1 Å². The highest BCUT2D eigenvalue weighted by Crippen LogP contribution is 2.44. The lowest BCUT2D eigenvalue weighted by atomic mass is 9.98. The van der Waals surface area contributed by atoms with E-state index < -0.39 is 18.0 Å². The molecule has 2 aromatic carbocycles. The second kappa shape index (κ2) is 10.3. The van der Waals surface area contributed by atoms with E-state index in [1.807, 2.05) is 38.1 Å². The van der Waals surface area contributed by atoms with E-state index in [4.69, 9.17) is 4.74 Å². The van der Waals surface area contributed by atoms with Gasteiger partial charge in [0.2, 0.25) is 5.91 Å². The highest BCUT2D eigenvalue weighted by Gasteiger charge is 2.37. The maximum Gasteiger partial charge on any atom is 0.407 e. The summed E-state index contributed by atoms with van der Waals surface area (Å²) in [5, 5.41) is 12.2. The Hall–Kier alpha value is -3.35. The Kier molecular flexibility index (Phi) is 7.20. The molecule has 1 heterocycles. The molecule has 7 heteroatoms. The molecule has 2 amide bonds. The quantitative estimate of drug-likeness (QED) is 0.609. The number of hydrogen-bond donors (Lipinski definition) is 2. The predicted molar refractivity (Wildman–Crippen MR) is 128 cm³/mol. The van der Waals surface area contributed by atoms with Crippen molar-refractivity contribution in [1.82, 2.24) is 10.2 Å². The standard InChI is InChI=1S/C27H32N2O5/c1-3-8-18(13-25(30)29-14-17(2)23(15-29)26(31)32)28-27(33)34-16-24-21-11-6-4-9-19(21)20-10-5-7-12-22(20)24/h4-7,9-12,17-18,23-24H,3,8,13-16H2,1-2H3,(H,28,33)(H,31,32)/t17-,18?,23-/m0/s1. The molecule has 7 nitrogen and oxygen atoms in total. The maximum atomic E-state index is 12.8. The lowest BCUT2D eigenvalue weighted by Crippen LogP contribution is -2.41. The first kappa shape index (κ1) is 23.8. The fraction of sp³-hybridized carbons (Fsp3) is 0.444. The summed E-state index contributed by atoms with van der Waals surface area (Å²) in [6, 6.07) is 16.0. The zero-order valence-corrected chi connectivity index (χ0v) is 19.7.